The minimum absolute atomic E-state index is 0.0294. The van der Waals surface area contributed by atoms with Gasteiger partial charge in [0.2, 0.25) is 5.91 Å². The van der Waals surface area contributed by atoms with Crippen molar-refractivity contribution in [2.75, 3.05) is 18.4 Å². The molecule has 1 saturated carbocycles. The average Bonchev–Trinajstić information content (AvgIpc) is 3.17. The van der Waals surface area contributed by atoms with Crippen LogP contribution in [-0.4, -0.2) is 28.8 Å². The summed E-state index contributed by atoms with van der Waals surface area (Å²) in [5.41, 5.74) is 1.69. The molecule has 3 rings (SSSR count). The Morgan fingerprint density at radius 3 is 2.85 bits per heavy atom. The highest BCUT2D eigenvalue weighted by molar-refractivity contribution is 5.92. The Kier molecular flexibility index (Phi) is 3.78. The molecule has 2 aromatic rings. The smallest absolute Gasteiger partial charge is 0.238 e. The van der Waals surface area contributed by atoms with E-state index >= 15 is 0 Å². The summed E-state index contributed by atoms with van der Waals surface area (Å²) < 4.78 is 1.74. The van der Waals surface area contributed by atoms with Crippen molar-refractivity contribution >= 4 is 11.6 Å². The molecule has 1 aromatic carbocycles. The molecule has 0 bridgehead atoms. The molecule has 0 radical (unpaired) electrons. The standard InChI is InChI=1S/C15H18N4O/c20-15(10-16-8-12-6-7-12)18-13-9-17-19(11-13)14-4-2-1-3-5-14/h1-5,9,11-12,16H,6-8,10H2,(H,18,20). The lowest BCUT2D eigenvalue weighted by Crippen LogP contribution is -2.29. The molecule has 0 atom stereocenters. The van der Waals surface area contributed by atoms with Gasteiger partial charge in [0, 0.05) is 0 Å². The number of amides is 1. The second-order valence-electron chi connectivity index (χ2n) is 5.13. The van der Waals surface area contributed by atoms with E-state index < -0.39 is 0 Å². The molecule has 5 nitrogen and oxygen atoms in total. The lowest BCUT2D eigenvalue weighted by Gasteiger charge is -2.04. The molecule has 1 aromatic heterocycles. The first-order valence-electron chi connectivity index (χ1n) is 6.92. The van der Waals surface area contributed by atoms with Gasteiger partial charge in [0.05, 0.1) is 30.3 Å². The number of carbonyl (C=O) groups excluding carboxylic acids is 1. The van der Waals surface area contributed by atoms with Gasteiger partial charge in [-0.05, 0) is 37.4 Å². The minimum atomic E-state index is -0.0294. The van der Waals surface area contributed by atoms with E-state index in [1.54, 1.807) is 10.9 Å². The van der Waals surface area contributed by atoms with E-state index in [0.717, 1.165) is 18.2 Å². The van der Waals surface area contributed by atoms with Crippen molar-refractivity contribution in [2.45, 2.75) is 12.8 Å². The summed E-state index contributed by atoms with van der Waals surface area (Å²) in [5, 5.41) is 10.2. The summed E-state index contributed by atoms with van der Waals surface area (Å²) in [7, 11) is 0. The van der Waals surface area contributed by atoms with Gasteiger partial charge in [-0.25, -0.2) is 4.68 Å². The number of benzene rings is 1. The largest absolute Gasteiger partial charge is 0.322 e. The van der Waals surface area contributed by atoms with Crippen LogP contribution in [0.15, 0.2) is 42.7 Å². The molecule has 1 heterocycles. The molecule has 1 aliphatic rings. The van der Waals surface area contributed by atoms with Gasteiger partial charge in [0.15, 0.2) is 0 Å². The quantitative estimate of drug-likeness (QED) is 0.841. The Hall–Kier alpha value is -2.14. The highest BCUT2D eigenvalue weighted by atomic mass is 16.1. The molecule has 104 valence electrons. The molecular formula is C15H18N4O. The maximum atomic E-state index is 11.7. The van der Waals surface area contributed by atoms with Crippen molar-refractivity contribution in [3.63, 3.8) is 0 Å². The third-order valence-electron chi connectivity index (χ3n) is 3.30. The zero-order valence-electron chi connectivity index (χ0n) is 11.2. The molecule has 0 aliphatic heterocycles. The number of anilines is 1. The second kappa shape index (κ2) is 5.88. The monoisotopic (exact) mass is 270 g/mol. The van der Waals surface area contributed by atoms with Gasteiger partial charge in [0.1, 0.15) is 0 Å². The van der Waals surface area contributed by atoms with Crippen LogP contribution in [0.25, 0.3) is 5.69 Å². The van der Waals surface area contributed by atoms with Gasteiger partial charge < -0.3 is 10.6 Å². The Morgan fingerprint density at radius 1 is 1.30 bits per heavy atom. The lowest BCUT2D eigenvalue weighted by atomic mass is 10.3. The number of hydrogen-bond acceptors (Lipinski definition) is 3. The summed E-state index contributed by atoms with van der Waals surface area (Å²) in [6.07, 6.45) is 6.05. The first kappa shape index (κ1) is 12.9. The molecule has 0 spiro atoms. The zero-order chi connectivity index (χ0) is 13.8. The molecule has 20 heavy (non-hydrogen) atoms. The van der Waals surface area contributed by atoms with E-state index in [4.69, 9.17) is 0 Å². The van der Waals surface area contributed by atoms with Gasteiger partial charge in [-0.3, -0.25) is 4.79 Å². The van der Waals surface area contributed by atoms with Crippen molar-refractivity contribution in [3.05, 3.63) is 42.7 Å². The summed E-state index contributed by atoms with van der Waals surface area (Å²) in [6, 6.07) is 9.81. The van der Waals surface area contributed by atoms with Gasteiger partial charge in [-0.15, -0.1) is 0 Å². The van der Waals surface area contributed by atoms with Crippen LogP contribution >= 0.6 is 0 Å². The molecule has 2 N–H and O–H groups in total. The number of nitrogens with zero attached hydrogens (tertiary/aromatic N) is 2. The van der Waals surface area contributed by atoms with E-state index in [1.807, 2.05) is 36.5 Å². The third-order valence-corrected chi connectivity index (χ3v) is 3.30. The maximum Gasteiger partial charge on any atom is 0.238 e. The molecule has 5 heteroatoms. The summed E-state index contributed by atoms with van der Waals surface area (Å²) in [6.45, 7) is 1.30. The van der Waals surface area contributed by atoms with E-state index in [0.29, 0.717) is 12.2 Å². The lowest BCUT2D eigenvalue weighted by molar-refractivity contribution is -0.115. The summed E-state index contributed by atoms with van der Waals surface area (Å²) in [4.78, 5) is 11.7. The van der Waals surface area contributed by atoms with Crippen molar-refractivity contribution < 1.29 is 4.79 Å². The Bertz CT molecular complexity index is 575. The molecule has 1 aliphatic carbocycles. The maximum absolute atomic E-state index is 11.7. The molecular weight excluding hydrogens is 252 g/mol. The van der Waals surface area contributed by atoms with Crippen LogP contribution in [0.4, 0.5) is 5.69 Å². The van der Waals surface area contributed by atoms with Gasteiger partial charge >= 0.3 is 0 Å². The predicted molar refractivity (Wildman–Crippen MR) is 77.8 cm³/mol. The molecule has 1 fully saturated rings. The zero-order valence-corrected chi connectivity index (χ0v) is 11.2. The van der Waals surface area contributed by atoms with Gasteiger partial charge in [-0.2, -0.15) is 5.10 Å². The number of para-hydroxylation sites is 1. The molecule has 0 saturated heterocycles. The van der Waals surface area contributed by atoms with Crippen LogP contribution in [0.5, 0.6) is 0 Å². The van der Waals surface area contributed by atoms with E-state index in [-0.39, 0.29) is 5.91 Å². The number of nitrogens with one attached hydrogen (secondary N) is 2. The van der Waals surface area contributed by atoms with Crippen molar-refractivity contribution in [1.82, 2.24) is 15.1 Å². The second-order valence-corrected chi connectivity index (χ2v) is 5.13. The average molecular weight is 270 g/mol. The number of hydrogen-bond donors (Lipinski definition) is 2. The van der Waals surface area contributed by atoms with Crippen molar-refractivity contribution in [1.29, 1.82) is 0 Å². The fraction of sp³-hybridized carbons (Fsp3) is 0.333. The van der Waals surface area contributed by atoms with Crippen LogP contribution in [0.3, 0.4) is 0 Å². The third kappa shape index (κ3) is 3.45. The molecule has 0 unspecified atom stereocenters. The first-order valence-corrected chi connectivity index (χ1v) is 6.92. The normalized spacial score (nSPS) is 14.2. The van der Waals surface area contributed by atoms with Crippen LogP contribution in [-0.2, 0) is 4.79 Å². The topological polar surface area (TPSA) is 59.0 Å². The Morgan fingerprint density at radius 2 is 2.10 bits per heavy atom. The fourth-order valence-corrected chi connectivity index (χ4v) is 2.03. The van der Waals surface area contributed by atoms with Gasteiger partial charge in [-0.1, -0.05) is 18.2 Å². The predicted octanol–water partition coefficient (Wildman–Crippen LogP) is 1.81. The van der Waals surface area contributed by atoms with E-state index in [1.165, 1.54) is 12.8 Å². The number of carbonyl (C=O) groups is 1. The highest BCUT2D eigenvalue weighted by Gasteiger charge is 2.20. The highest BCUT2D eigenvalue weighted by Crippen LogP contribution is 2.27. The summed E-state index contributed by atoms with van der Waals surface area (Å²) >= 11 is 0. The van der Waals surface area contributed by atoms with E-state index in [9.17, 15) is 4.79 Å². The Labute approximate surface area is 118 Å². The number of aromatic nitrogens is 2. The minimum Gasteiger partial charge on any atom is -0.322 e. The van der Waals surface area contributed by atoms with E-state index in [2.05, 4.69) is 15.7 Å². The fourth-order valence-electron chi connectivity index (χ4n) is 2.03. The van der Waals surface area contributed by atoms with Crippen LogP contribution < -0.4 is 10.6 Å². The van der Waals surface area contributed by atoms with Crippen LogP contribution in [0.2, 0.25) is 0 Å². The Balaban J connectivity index is 1.52. The summed E-state index contributed by atoms with van der Waals surface area (Å²) in [5.74, 6) is 0.752. The number of rotatable bonds is 6. The van der Waals surface area contributed by atoms with Crippen molar-refractivity contribution in [2.24, 2.45) is 5.92 Å². The SMILES string of the molecule is O=C(CNCC1CC1)Nc1cnn(-c2ccccc2)c1. The van der Waals surface area contributed by atoms with Gasteiger partial charge in [0.25, 0.3) is 0 Å². The van der Waals surface area contributed by atoms with Crippen LogP contribution in [0, 0.1) is 5.92 Å². The first-order chi connectivity index (χ1) is 9.81. The van der Waals surface area contributed by atoms with Crippen LogP contribution in [0.1, 0.15) is 12.8 Å². The van der Waals surface area contributed by atoms with Crippen molar-refractivity contribution in [3.8, 4) is 5.69 Å². The molecule has 1 amide bonds.